The standard InChI is InChI=1S/C19H36N2O5S/c1-12(18(23)20-10-11-26-4)14-6-8-19(3)9-7-15(21-27(5,24)25)13(2)16(19)17(14)22/h12-17,21-22H,6-11H2,1-5H3,(H,20,23)/t12-,13+,14?,15-,16+,17-,19-/m0/s1. The maximum absolute atomic E-state index is 12.5. The number of sulfonamides is 1. The van der Waals surface area contributed by atoms with Crippen molar-refractivity contribution in [2.75, 3.05) is 26.5 Å². The van der Waals surface area contributed by atoms with Crippen molar-refractivity contribution in [3.05, 3.63) is 0 Å². The molecule has 0 aliphatic heterocycles. The van der Waals surface area contributed by atoms with Gasteiger partial charge in [0.1, 0.15) is 0 Å². The smallest absolute Gasteiger partial charge is 0.223 e. The summed E-state index contributed by atoms with van der Waals surface area (Å²) in [6, 6.07) is -0.169. The molecule has 0 spiro atoms. The highest BCUT2D eigenvalue weighted by molar-refractivity contribution is 7.88. The third-order valence-corrected chi connectivity index (χ3v) is 7.65. The molecule has 0 aromatic carbocycles. The van der Waals surface area contributed by atoms with Crippen molar-refractivity contribution < 1.29 is 23.1 Å². The van der Waals surface area contributed by atoms with E-state index in [1.807, 2.05) is 13.8 Å². The number of aliphatic hydroxyl groups excluding tert-OH is 1. The van der Waals surface area contributed by atoms with Crippen LogP contribution in [0, 0.1) is 29.1 Å². The van der Waals surface area contributed by atoms with Gasteiger partial charge in [0.2, 0.25) is 15.9 Å². The quantitative estimate of drug-likeness (QED) is 0.552. The fourth-order valence-corrected chi connectivity index (χ4v) is 6.25. The van der Waals surface area contributed by atoms with Crippen LogP contribution in [0.3, 0.4) is 0 Å². The Morgan fingerprint density at radius 3 is 2.56 bits per heavy atom. The van der Waals surface area contributed by atoms with Gasteiger partial charge in [-0.25, -0.2) is 13.1 Å². The van der Waals surface area contributed by atoms with Crippen LogP contribution in [-0.4, -0.2) is 58.1 Å². The zero-order chi connectivity index (χ0) is 20.4. The molecule has 8 heteroatoms. The van der Waals surface area contributed by atoms with Gasteiger partial charge in [-0.15, -0.1) is 0 Å². The fourth-order valence-electron chi connectivity index (χ4n) is 5.37. The van der Waals surface area contributed by atoms with Crippen LogP contribution >= 0.6 is 0 Å². The van der Waals surface area contributed by atoms with Gasteiger partial charge in [-0.2, -0.15) is 0 Å². The summed E-state index contributed by atoms with van der Waals surface area (Å²) in [7, 11) is -1.71. The highest BCUT2D eigenvalue weighted by atomic mass is 32.2. The van der Waals surface area contributed by atoms with E-state index in [0.717, 1.165) is 25.7 Å². The molecule has 0 bridgehead atoms. The lowest BCUT2D eigenvalue weighted by Gasteiger charge is -2.56. The number of carbonyl (C=O) groups excluding carboxylic acids is 1. The number of hydrogen-bond donors (Lipinski definition) is 3. The monoisotopic (exact) mass is 404 g/mol. The molecule has 1 amide bonds. The van der Waals surface area contributed by atoms with Crippen LogP contribution in [0.4, 0.5) is 0 Å². The molecule has 2 aliphatic rings. The molecular weight excluding hydrogens is 368 g/mol. The van der Waals surface area contributed by atoms with Crippen molar-refractivity contribution in [2.24, 2.45) is 29.1 Å². The number of rotatable bonds is 7. The molecule has 27 heavy (non-hydrogen) atoms. The van der Waals surface area contributed by atoms with Crippen LogP contribution in [0.25, 0.3) is 0 Å². The molecule has 158 valence electrons. The van der Waals surface area contributed by atoms with E-state index in [1.165, 1.54) is 6.26 Å². The van der Waals surface area contributed by atoms with Gasteiger partial charge in [-0.05, 0) is 48.9 Å². The number of nitrogens with one attached hydrogen (secondary N) is 2. The van der Waals surface area contributed by atoms with Crippen molar-refractivity contribution >= 4 is 15.9 Å². The molecule has 0 aromatic rings. The van der Waals surface area contributed by atoms with Crippen LogP contribution in [0.15, 0.2) is 0 Å². The van der Waals surface area contributed by atoms with Crippen LogP contribution < -0.4 is 10.0 Å². The zero-order valence-corrected chi connectivity index (χ0v) is 18.0. The first-order chi connectivity index (χ1) is 12.5. The Kier molecular flexibility index (Phi) is 7.33. The van der Waals surface area contributed by atoms with Gasteiger partial charge in [0.15, 0.2) is 0 Å². The molecule has 0 saturated heterocycles. The Balaban J connectivity index is 2.13. The van der Waals surface area contributed by atoms with Gasteiger partial charge >= 0.3 is 0 Å². The van der Waals surface area contributed by atoms with E-state index in [4.69, 9.17) is 4.74 Å². The van der Waals surface area contributed by atoms with E-state index in [-0.39, 0.29) is 41.0 Å². The van der Waals surface area contributed by atoms with Crippen molar-refractivity contribution in [1.29, 1.82) is 0 Å². The first-order valence-corrected chi connectivity index (χ1v) is 11.8. The Morgan fingerprint density at radius 1 is 1.33 bits per heavy atom. The van der Waals surface area contributed by atoms with Gasteiger partial charge in [-0.3, -0.25) is 4.79 Å². The Labute approximate surface area is 163 Å². The highest BCUT2D eigenvalue weighted by Gasteiger charge is 2.53. The van der Waals surface area contributed by atoms with Gasteiger partial charge < -0.3 is 15.2 Å². The number of ether oxygens (including phenoxy) is 1. The minimum atomic E-state index is -3.30. The molecule has 0 radical (unpaired) electrons. The predicted octanol–water partition coefficient (Wildman–Crippen LogP) is 1.13. The first kappa shape index (κ1) is 22.6. The summed E-state index contributed by atoms with van der Waals surface area (Å²) < 4.78 is 31.1. The maximum Gasteiger partial charge on any atom is 0.223 e. The van der Waals surface area contributed by atoms with Crippen molar-refractivity contribution in [1.82, 2.24) is 10.0 Å². The summed E-state index contributed by atoms with van der Waals surface area (Å²) >= 11 is 0. The Morgan fingerprint density at radius 2 is 1.96 bits per heavy atom. The molecule has 0 aromatic heterocycles. The van der Waals surface area contributed by atoms with Crippen LogP contribution in [0.2, 0.25) is 0 Å². The van der Waals surface area contributed by atoms with E-state index in [0.29, 0.717) is 13.2 Å². The minimum Gasteiger partial charge on any atom is -0.392 e. The third-order valence-electron chi connectivity index (χ3n) is 6.91. The van der Waals surface area contributed by atoms with Gasteiger partial charge in [0.05, 0.1) is 19.0 Å². The lowest BCUT2D eigenvalue weighted by atomic mass is 9.52. The predicted molar refractivity (Wildman–Crippen MR) is 105 cm³/mol. The van der Waals surface area contributed by atoms with Crippen LogP contribution in [0.5, 0.6) is 0 Å². The van der Waals surface area contributed by atoms with Crippen molar-refractivity contribution in [3.63, 3.8) is 0 Å². The summed E-state index contributed by atoms with van der Waals surface area (Å²) in [6.45, 7) is 7.02. The molecule has 1 unspecified atom stereocenters. The Hall–Kier alpha value is -0.700. The van der Waals surface area contributed by atoms with E-state index in [2.05, 4.69) is 17.0 Å². The largest absolute Gasteiger partial charge is 0.392 e. The molecule has 7 atom stereocenters. The fraction of sp³-hybridized carbons (Fsp3) is 0.947. The lowest BCUT2D eigenvalue weighted by molar-refractivity contribution is -0.141. The minimum absolute atomic E-state index is 0.0139. The topological polar surface area (TPSA) is 105 Å². The first-order valence-electron chi connectivity index (χ1n) is 9.92. The summed E-state index contributed by atoms with van der Waals surface area (Å²) in [6.07, 6.45) is 3.99. The summed E-state index contributed by atoms with van der Waals surface area (Å²) in [5.41, 5.74) is -0.0166. The van der Waals surface area contributed by atoms with Crippen LogP contribution in [-0.2, 0) is 19.6 Å². The molecule has 0 heterocycles. The second-order valence-electron chi connectivity index (χ2n) is 8.84. The number of amides is 1. The second kappa shape index (κ2) is 8.76. The van der Waals surface area contributed by atoms with Gasteiger partial charge in [0, 0.05) is 25.6 Å². The maximum atomic E-state index is 12.5. The number of methoxy groups -OCH3 is 1. The summed E-state index contributed by atoms with van der Waals surface area (Å²) in [5.74, 6) is -0.491. The molecule has 2 aliphatic carbocycles. The third kappa shape index (κ3) is 5.22. The molecule has 2 fully saturated rings. The molecule has 7 nitrogen and oxygen atoms in total. The van der Waals surface area contributed by atoms with E-state index < -0.39 is 16.1 Å². The molecule has 2 saturated carbocycles. The van der Waals surface area contributed by atoms with Crippen LogP contribution in [0.1, 0.15) is 46.5 Å². The zero-order valence-electron chi connectivity index (χ0n) is 17.2. The van der Waals surface area contributed by atoms with Crippen molar-refractivity contribution in [3.8, 4) is 0 Å². The average molecular weight is 405 g/mol. The highest BCUT2D eigenvalue weighted by Crippen LogP contribution is 2.55. The summed E-state index contributed by atoms with van der Waals surface area (Å²) in [4.78, 5) is 12.5. The molecule has 2 rings (SSSR count). The van der Waals surface area contributed by atoms with E-state index in [1.54, 1.807) is 7.11 Å². The normalized spacial score (nSPS) is 38.1. The summed E-state index contributed by atoms with van der Waals surface area (Å²) in [5, 5.41) is 14.1. The second-order valence-corrected chi connectivity index (χ2v) is 10.6. The van der Waals surface area contributed by atoms with Gasteiger partial charge in [0.25, 0.3) is 0 Å². The van der Waals surface area contributed by atoms with E-state index >= 15 is 0 Å². The van der Waals surface area contributed by atoms with E-state index in [9.17, 15) is 18.3 Å². The lowest BCUT2D eigenvalue weighted by Crippen LogP contribution is -2.58. The number of fused-ring (bicyclic) bond motifs is 1. The molecule has 3 N–H and O–H groups in total. The number of carbonyl (C=O) groups is 1. The van der Waals surface area contributed by atoms with Crippen molar-refractivity contribution in [2.45, 2.75) is 58.6 Å². The number of aliphatic hydroxyl groups is 1. The Bertz CT molecular complexity index is 626. The average Bonchev–Trinajstić information content (AvgIpc) is 2.56. The van der Waals surface area contributed by atoms with Gasteiger partial charge in [-0.1, -0.05) is 20.8 Å². The SMILES string of the molecule is COCCNC(=O)[C@@H](C)C1CC[C@@]2(C)CC[C@H](NS(C)(=O)=O)[C@@H](C)[C@@H]2[C@H]1O. The molecular formula is C19H36N2O5S. The number of hydrogen-bond acceptors (Lipinski definition) is 5.